The molecule has 3 aromatic rings. The molecule has 1 aliphatic carbocycles. The lowest BCUT2D eigenvalue weighted by molar-refractivity contribution is 0.0949. The lowest BCUT2D eigenvalue weighted by atomic mass is 9.95. The average Bonchev–Trinajstić information content (AvgIpc) is 3.36. The van der Waals surface area contributed by atoms with Crippen molar-refractivity contribution in [3.63, 3.8) is 0 Å². The van der Waals surface area contributed by atoms with Crippen LogP contribution in [0.15, 0.2) is 42.6 Å². The molecule has 0 spiro atoms. The van der Waals surface area contributed by atoms with Gasteiger partial charge in [0.15, 0.2) is 0 Å². The van der Waals surface area contributed by atoms with E-state index >= 15 is 0 Å². The van der Waals surface area contributed by atoms with Crippen LogP contribution in [0.4, 0.5) is 4.39 Å². The van der Waals surface area contributed by atoms with Crippen molar-refractivity contribution < 1.29 is 18.7 Å². The molecular weight excluding hydrogens is 347 g/mol. The Balaban J connectivity index is 1.53. The molecule has 0 radical (unpaired) electrons. The number of amides is 1. The largest absolute Gasteiger partial charge is 0.497 e. The topological polar surface area (TPSA) is 63.4 Å². The number of halogens is 1. The fourth-order valence-electron chi connectivity index (χ4n) is 3.52. The van der Waals surface area contributed by atoms with Crippen molar-refractivity contribution in [2.75, 3.05) is 20.8 Å². The normalized spacial score (nSPS) is 14.8. The Morgan fingerprint density at radius 1 is 1.15 bits per heavy atom. The number of aromatic nitrogens is 1. The lowest BCUT2D eigenvalue weighted by Crippen LogP contribution is -2.32. The van der Waals surface area contributed by atoms with Crippen LogP contribution in [0, 0.1) is 5.82 Å². The predicted octanol–water partition coefficient (Wildman–Crippen LogP) is 3.79. The fourth-order valence-corrected chi connectivity index (χ4v) is 3.52. The minimum absolute atomic E-state index is 0.102. The maximum absolute atomic E-state index is 13.4. The number of fused-ring (bicyclic) bond motifs is 1. The number of carbonyl (C=O) groups is 1. The highest BCUT2D eigenvalue weighted by atomic mass is 19.1. The summed E-state index contributed by atoms with van der Waals surface area (Å²) in [5, 5.41) is 4.04. The Bertz CT molecular complexity index is 986. The van der Waals surface area contributed by atoms with Crippen LogP contribution in [0.2, 0.25) is 0 Å². The summed E-state index contributed by atoms with van der Waals surface area (Å²) >= 11 is 0. The molecule has 1 amide bonds. The van der Waals surface area contributed by atoms with Gasteiger partial charge in [0.1, 0.15) is 17.3 Å². The number of H-pyrrole nitrogens is 1. The second-order valence-electron chi connectivity index (χ2n) is 6.96. The molecule has 0 aliphatic heterocycles. The Labute approximate surface area is 156 Å². The average molecular weight is 368 g/mol. The third kappa shape index (κ3) is 3.23. The molecule has 0 bridgehead atoms. The summed E-state index contributed by atoms with van der Waals surface area (Å²) < 4.78 is 23.9. The predicted molar refractivity (Wildman–Crippen MR) is 101 cm³/mol. The van der Waals surface area contributed by atoms with E-state index in [0.29, 0.717) is 23.6 Å². The summed E-state index contributed by atoms with van der Waals surface area (Å²) in [7, 11) is 3.10. The van der Waals surface area contributed by atoms with Crippen molar-refractivity contribution in [2.45, 2.75) is 18.3 Å². The summed E-state index contributed by atoms with van der Waals surface area (Å²) in [5.41, 5.74) is 2.29. The lowest BCUT2D eigenvalue weighted by Gasteiger charge is -2.16. The van der Waals surface area contributed by atoms with Gasteiger partial charge in [-0.05, 0) is 48.7 Å². The van der Waals surface area contributed by atoms with Gasteiger partial charge in [-0.15, -0.1) is 0 Å². The summed E-state index contributed by atoms with van der Waals surface area (Å²) in [6.45, 7) is 0.524. The quantitative estimate of drug-likeness (QED) is 0.696. The second kappa shape index (κ2) is 6.61. The molecule has 5 nitrogen and oxygen atoms in total. The van der Waals surface area contributed by atoms with E-state index in [2.05, 4.69) is 10.3 Å². The number of hydrogen-bond donors (Lipinski definition) is 2. The molecule has 0 unspecified atom stereocenters. The van der Waals surface area contributed by atoms with Crippen LogP contribution < -0.4 is 14.8 Å². The summed E-state index contributed by atoms with van der Waals surface area (Å²) in [4.78, 5) is 15.8. The first-order valence-electron chi connectivity index (χ1n) is 8.83. The van der Waals surface area contributed by atoms with Crippen LogP contribution >= 0.6 is 0 Å². The Hall–Kier alpha value is -3.02. The zero-order chi connectivity index (χ0) is 19.0. The van der Waals surface area contributed by atoms with Gasteiger partial charge in [0.2, 0.25) is 0 Å². The smallest absolute Gasteiger partial charge is 0.251 e. The van der Waals surface area contributed by atoms with Gasteiger partial charge in [0.25, 0.3) is 5.91 Å². The first-order valence-corrected chi connectivity index (χ1v) is 8.83. The Morgan fingerprint density at radius 2 is 1.85 bits per heavy atom. The van der Waals surface area contributed by atoms with Crippen LogP contribution in [0.5, 0.6) is 11.5 Å². The number of rotatable bonds is 6. The molecule has 1 fully saturated rings. The number of nitrogens with one attached hydrogen (secondary N) is 2. The number of carbonyl (C=O) groups excluding carboxylic acids is 1. The van der Waals surface area contributed by atoms with E-state index < -0.39 is 0 Å². The minimum Gasteiger partial charge on any atom is -0.497 e. The van der Waals surface area contributed by atoms with E-state index in [1.807, 2.05) is 6.20 Å². The summed E-state index contributed by atoms with van der Waals surface area (Å²) in [5.74, 6) is 0.698. The van der Waals surface area contributed by atoms with Gasteiger partial charge in [-0.1, -0.05) is 0 Å². The zero-order valence-corrected chi connectivity index (χ0v) is 15.3. The number of methoxy groups -OCH3 is 2. The summed E-state index contributed by atoms with van der Waals surface area (Å²) in [6, 6.07) is 9.86. The maximum Gasteiger partial charge on any atom is 0.251 e. The van der Waals surface area contributed by atoms with Gasteiger partial charge in [0, 0.05) is 40.7 Å². The molecular formula is C21H21FN2O3. The highest BCUT2D eigenvalue weighted by Crippen LogP contribution is 2.50. The molecule has 1 aliphatic rings. The third-order valence-electron chi connectivity index (χ3n) is 5.27. The van der Waals surface area contributed by atoms with Crippen LogP contribution in [-0.2, 0) is 5.41 Å². The van der Waals surface area contributed by atoms with Crippen LogP contribution in [0.25, 0.3) is 10.9 Å². The van der Waals surface area contributed by atoms with Gasteiger partial charge >= 0.3 is 0 Å². The molecule has 2 aromatic carbocycles. The van der Waals surface area contributed by atoms with Crippen molar-refractivity contribution in [3.05, 3.63) is 59.5 Å². The minimum atomic E-state index is -0.263. The maximum atomic E-state index is 13.4. The van der Waals surface area contributed by atoms with E-state index in [1.165, 1.54) is 12.1 Å². The van der Waals surface area contributed by atoms with Gasteiger partial charge in [-0.2, -0.15) is 0 Å². The number of aromatic amines is 1. The highest BCUT2D eigenvalue weighted by molar-refractivity contribution is 5.95. The standard InChI is InChI=1S/C21H21FN2O3/c1-26-15-7-13(8-16(10-15)27-2)20(25)24-12-21(5-6-21)18-11-23-19-9-14(22)3-4-17(18)19/h3-4,7-11,23H,5-6,12H2,1-2H3,(H,24,25). The summed E-state index contributed by atoms with van der Waals surface area (Å²) in [6.07, 6.45) is 3.90. The number of ether oxygens (including phenoxy) is 2. The molecule has 1 aromatic heterocycles. The van der Waals surface area contributed by atoms with Gasteiger partial charge in [-0.3, -0.25) is 4.79 Å². The number of hydrogen-bond acceptors (Lipinski definition) is 3. The molecule has 1 saturated carbocycles. The van der Waals surface area contributed by atoms with Crippen molar-refractivity contribution >= 4 is 16.8 Å². The van der Waals surface area contributed by atoms with E-state index in [4.69, 9.17) is 9.47 Å². The molecule has 0 saturated heterocycles. The van der Waals surface area contributed by atoms with Gasteiger partial charge < -0.3 is 19.8 Å². The molecule has 140 valence electrons. The monoisotopic (exact) mass is 368 g/mol. The van der Waals surface area contributed by atoms with E-state index in [1.54, 1.807) is 38.5 Å². The first-order chi connectivity index (χ1) is 13.0. The molecule has 2 N–H and O–H groups in total. The zero-order valence-electron chi connectivity index (χ0n) is 15.3. The highest BCUT2D eigenvalue weighted by Gasteiger charge is 2.45. The molecule has 1 heterocycles. The SMILES string of the molecule is COc1cc(OC)cc(C(=O)NCC2(c3c[nH]c4cc(F)ccc34)CC2)c1. The van der Waals surface area contributed by atoms with Crippen molar-refractivity contribution in [3.8, 4) is 11.5 Å². The molecule has 0 atom stereocenters. The van der Waals surface area contributed by atoms with Crippen LogP contribution in [0.3, 0.4) is 0 Å². The van der Waals surface area contributed by atoms with E-state index in [9.17, 15) is 9.18 Å². The van der Waals surface area contributed by atoms with E-state index in [0.717, 1.165) is 29.3 Å². The third-order valence-corrected chi connectivity index (χ3v) is 5.27. The van der Waals surface area contributed by atoms with Crippen molar-refractivity contribution in [1.82, 2.24) is 10.3 Å². The molecule has 6 heteroatoms. The van der Waals surface area contributed by atoms with Crippen LogP contribution in [0.1, 0.15) is 28.8 Å². The van der Waals surface area contributed by atoms with Crippen molar-refractivity contribution in [1.29, 1.82) is 0 Å². The first kappa shape index (κ1) is 17.4. The van der Waals surface area contributed by atoms with Gasteiger partial charge in [-0.25, -0.2) is 4.39 Å². The Kier molecular flexibility index (Phi) is 4.26. The molecule has 4 rings (SSSR count). The second-order valence-corrected chi connectivity index (χ2v) is 6.96. The molecule has 27 heavy (non-hydrogen) atoms. The van der Waals surface area contributed by atoms with E-state index in [-0.39, 0.29) is 17.1 Å². The number of benzene rings is 2. The fraction of sp³-hybridized carbons (Fsp3) is 0.286. The van der Waals surface area contributed by atoms with Crippen LogP contribution in [-0.4, -0.2) is 31.7 Å². The van der Waals surface area contributed by atoms with Crippen molar-refractivity contribution in [2.24, 2.45) is 0 Å². The van der Waals surface area contributed by atoms with Gasteiger partial charge in [0.05, 0.1) is 14.2 Å². The Morgan fingerprint density at radius 3 is 2.48 bits per heavy atom.